The Hall–Kier alpha value is -3.24. The molecule has 2 aromatic heterocycles. The van der Waals surface area contributed by atoms with Crippen molar-refractivity contribution in [1.82, 2.24) is 29.7 Å². The zero-order valence-electron chi connectivity index (χ0n) is 24.3. The van der Waals surface area contributed by atoms with E-state index < -0.39 is 6.04 Å². The minimum absolute atomic E-state index is 0.0897. The van der Waals surface area contributed by atoms with Gasteiger partial charge in [-0.15, -0.1) is 0 Å². The van der Waals surface area contributed by atoms with Gasteiger partial charge in [0, 0.05) is 65.3 Å². The quantitative estimate of drug-likeness (QED) is 0.280. The van der Waals surface area contributed by atoms with Crippen LogP contribution in [0.25, 0.3) is 0 Å². The van der Waals surface area contributed by atoms with E-state index in [9.17, 15) is 9.59 Å². The molecule has 6 rings (SSSR count). The van der Waals surface area contributed by atoms with Crippen LogP contribution in [-0.4, -0.2) is 68.4 Å². The number of halogens is 3. The number of aromatic nitrogens is 3. The molecule has 2 amide bonds. The first kappa shape index (κ1) is 30.8. The second-order valence-corrected chi connectivity index (χ2v) is 13.2. The van der Waals surface area contributed by atoms with Crippen LogP contribution in [0.1, 0.15) is 39.7 Å². The molecule has 3 heterocycles. The van der Waals surface area contributed by atoms with Crippen molar-refractivity contribution in [3.05, 3.63) is 115 Å². The van der Waals surface area contributed by atoms with E-state index in [0.29, 0.717) is 42.8 Å². The highest BCUT2D eigenvalue weighted by molar-refractivity contribution is 9.10. The van der Waals surface area contributed by atoms with Gasteiger partial charge in [0.2, 0.25) is 11.8 Å². The fourth-order valence-corrected chi connectivity index (χ4v) is 6.96. The van der Waals surface area contributed by atoms with Gasteiger partial charge in [0.05, 0.1) is 24.5 Å². The lowest BCUT2D eigenvalue weighted by Crippen LogP contribution is -2.61. The summed E-state index contributed by atoms with van der Waals surface area (Å²) in [5.41, 5.74) is 6.33. The number of rotatable bonds is 7. The number of benzene rings is 2. The summed E-state index contributed by atoms with van der Waals surface area (Å²) in [5.74, 6) is -0.265. The molecule has 1 N–H and O–H groups in total. The number of hydrogen-bond donors (Lipinski definition) is 1. The van der Waals surface area contributed by atoms with Gasteiger partial charge in [-0.3, -0.25) is 19.5 Å². The molecule has 2 aliphatic rings. The van der Waals surface area contributed by atoms with Crippen molar-refractivity contribution in [2.45, 2.75) is 44.8 Å². The summed E-state index contributed by atoms with van der Waals surface area (Å²) in [5, 5.41) is 4.41. The monoisotopic (exact) mass is 694 g/mol. The summed E-state index contributed by atoms with van der Waals surface area (Å²) in [7, 11) is 0. The summed E-state index contributed by atoms with van der Waals surface area (Å²) in [4.78, 5) is 40.7. The van der Waals surface area contributed by atoms with Gasteiger partial charge in [-0.1, -0.05) is 41.4 Å². The van der Waals surface area contributed by atoms with Gasteiger partial charge in [-0.2, -0.15) is 0 Å². The predicted molar refractivity (Wildman–Crippen MR) is 175 cm³/mol. The zero-order valence-corrected chi connectivity index (χ0v) is 27.4. The van der Waals surface area contributed by atoms with Crippen LogP contribution < -0.4 is 5.32 Å². The van der Waals surface area contributed by atoms with Crippen molar-refractivity contribution < 1.29 is 9.59 Å². The molecule has 1 aliphatic heterocycles. The first-order valence-electron chi connectivity index (χ1n) is 14.7. The zero-order chi connectivity index (χ0) is 30.8. The van der Waals surface area contributed by atoms with Gasteiger partial charge < -0.3 is 14.8 Å². The van der Waals surface area contributed by atoms with Crippen LogP contribution in [0.15, 0.2) is 71.7 Å². The Kier molecular flexibility index (Phi) is 9.37. The van der Waals surface area contributed by atoms with Crippen molar-refractivity contribution in [2.24, 2.45) is 0 Å². The van der Waals surface area contributed by atoms with E-state index in [1.54, 1.807) is 29.6 Å². The number of fused-ring (bicyclic) bond motifs is 2. The predicted octanol–water partition coefficient (Wildman–Crippen LogP) is 5.42. The molecule has 0 saturated carbocycles. The molecule has 1 unspecified atom stereocenters. The summed E-state index contributed by atoms with van der Waals surface area (Å²) < 4.78 is 2.92. The van der Waals surface area contributed by atoms with Crippen LogP contribution in [0.5, 0.6) is 0 Å². The Bertz CT molecular complexity index is 1620. The van der Waals surface area contributed by atoms with Crippen LogP contribution in [0, 0.1) is 6.92 Å². The molecule has 0 radical (unpaired) electrons. The maximum atomic E-state index is 13.9. The Labute approximate surface area is 275 Å². The van der Waals surface area contributed by atoms with E-state index >= 15 is 0 Å². The van der Waals surface area contributed by atoms with E-state index in [4.69, 9.17) is 28.2 Å². The molecule has 1 fully saturated rings. The number of imidazole rings is 1. The number of hydrogen-bond acceptors (Lipinski definition) is 5. The minimum atomic E-state index is -0.676. The van der Waals surface area contributed by atoms with E-state index in [0.717, 1.165) is 45.4 Å². The largest absolute Gasteiger partial charge is 0.352 e. The Balaban J connectivity index is 1.30. The molecular weight excluding hydrogens is 663 g/mol. The van der Waals surface area contributed by atoms with Gasteiger partial charge >= 0.3 is 0 Å². The maximum absolute atomic E-state index is 13.9. The van der Waals surface area contributed by atoms with Gasteiger partial charge in [0.15, 0.2) is 0 Å². The second kappa shape index (κ2) is 13.4. The second-order valence-electron chi connectivity index (χ2n) is 11.4. The van der Waals surface area contributed by atoms with E-state index in [2.05, 4.69) is 43.3 Å². The number of amides is 2. The molecule has 1 aliphatic carbocycles. The number of nitrogens with zero attached hydrogens (tertiary/aromatic N) is 5. The fraction of sp³-hybridized carbons (Fsp3) is 0.333. The lowest BCUT2D eigenvalue weighted by atomic mass is 9.95. The molecule has 1 saturated heterocycles. The number of carbonyl (C=O) groups is 2. The van der Waals surface area contributed by atoms with E-state index in [1.807, 2.05) is 42.0 Å². The molecule has 2 aromatic carbocycles. The number of carbonyl (C=O) groups excluding carboxylic acids is 2. The summed E-state index contributed by atoms with van der Waals surface area (Å²) in [6, 6.07) is 14.6. The van der Waals surface area contributed by atoms with E-state index in [-0.39, 0.29) is 24.3 Å². The van der Waals surface area contributed by atoms with Gasteiger partial charge in [-0.05, 0) is 88.3 Å². The first-order chi connectivity index (χ1) is 21.3. The third-order valence-electron chi connectivity index (χ3n) is 8.53. The van der Waals surface area contributed by atoms with Crippen molar-refractivity contribution in [3.8, 4) is 0 Å². The van der Waals surface area contributed by atoms with Crippen LogP contribution in [0.4, 0.5) is 0 Å². The number of piperazine rings is 1. The minimum Gasteiger partial charge on any atom is -0.352 e. The van der Waals surface area contributed by atoms with Crippen LogP contribution in [-0.2, 0) is 35.4 Å². The lowest BCUT2D eigenvalue weighted by molar-refractivity contribution is -0.144. The summed E-state index contributed by atoms with van der Waals surface area (Å²) in [6.07, 6.45) is 7.25. The molecule has 8 nitrogen and oxygen atoms in total. The molecule has 2 atom stereocenters. The number of pyridine rings is 1. The lowest BCUT2D eigenvalue weighted by Gasteiger charge is -2.44. The third kappa shape index (κ3) is 6.71. The smallest absolute Gasteiger partial charge is 0.244 e. The Morgan fingerprint density at radius 1 is 1.00 bits per heavy atom. The molecule has 4 aromatic rings. The Morgan fingerprint density at radius 2 is 1.77 bits per heavy atom. The molecule has 0 bridgehead atoms. The SMILES string of the molecule is Cc1cncn1CCNC(=O)[C@H]1CN(C2c3ccc(Cl)cc3CCc3cc(Br)cnc32)CCN1C(=O)Cc1ccc(Cl)cc1. The highest BCUT2D eigenvalue weighted by Crippen LogP contribution is 2.38. The topological polar surface area (TPSA) is 83.4 Å². The van der Waals surface area contributed by atoms with Crippen molar-refractivity contribution >= 4 is 50.9 Å². The Morgan fingerprint density at radius 3 is 2.55 bits per heavy atom. The van der Waals surface area contributed by atoms with Crippen molar-refractivity contribution in [2.75, 3.05) is 26.2 Å². The van der Waals surface area contributed by atoms with Gasteiger partial charge in [0.1, 0.15) is 6.04 Å². The molecule has 44 heavy (non-hydrogen) atoms. The van der Waals surface area contributed by atoms with Crippen LogP contribution in [0.2, 0.25) is 10.0 Å². The van der Waals surface area contributed by atoms with Crippen molar-refractivity contribution in [1.29, 1.82) is 0 Å². The van der Waals surface area contributed by atoms with Gasteiger partial charge in [-0.25, -0.2) is 4.98 Å². The molecule has 228 valence electrons. The van der Waals surface area contributed by atoms with Gasteiger partial charge in [0.25, 0.3) is 0 Å². The van der Waals surface area contributed by atoms with Crippen LogP contribution >= 0.6 is 39.1 Å². The summed E-state index contributed by atoms with van der Waals surface area (Å²) in [6.45, 7) is 4.37. The molecule has 0 spiro atoms. The number of aryl methyl sites for hydroxylation is 3. The normalized spacial score (nSPS) is 18.3. The molecular formula is C33H33BrCl2N6O2. The standard InChI is InChI=1S/C33H33BrCl2N6O2/c1-21-17-37-20-41(21)11-10-38-33(44)29-19-40(12-13-42(29)30(43)14-22-2-6-26(35)7-3-22)32-28-9-8-27(36)16-23(28)4-5-24-15-25(34)18-39-31(24)32/h2-3,6-9,15-18,20,29,32H,4-5,10-14,19H2,1H3,(H,38,44)/t29-,32?/m1/s1. The number of nitrogens with one attached hydrogen (secondary N) is 1. The van der Waals surface area contributed by atoms with Crippen LogP contribution in [0.3, 0.4) is 0 Å². The highest BCUT2D eigenvalue weighted by Gasteiger charge is 2.40. The first-order valence-corrected chi connectivity index (χ1v) is 16.3. The fourth-order valence-electron chi connectivity index (χ4n) is 6.26. The third-order valence-corrected chi connectivity index (χ3v) is 9.45. The van der Waals surface area contributed by atoms with Crippen molar-refractivity contribution in [3.63, 3.8) is 0 Å². The highest BCUT2D eigenvalue weighted by atomic mass is 79.9. The molecule has 11 heteroatoms. The van der Waals surface area contributed by atoms with E-state index in [1.165, 1.54) is 5.56 Å². The maximum Gasteiger partial charge on any atom is 0.244 e. The average Bonchev–Trinajstić information content (AvgIpc) is 3.35. The average molecular weight is 696 g/mol. The summed E-state index contributed by atoms with van der Waals surface area (Å²) >= 11 is 16.1.